The minimum Gasteiger partial charge on any atom is -0.497 e. The maximum atomic E-state index is 13.4. The van der Waals surface area contributed by atoms with E-state index in [1.165, 1.54) is 14.2 Å². The largest absolute Gasteiger partial charge is 0.497 e. The molecule has 2 aromatic rings. The summed E-state index contributed by atoms with van der Waals surface area (Å²) in [7, 11) is 3.04. The Morgan fingerprint density at radius 1 is 1.07 bits per heavy atom. The van der Waals surface area contributed by atoms with Gasteiger partial charge in [0.2, 0.25) is 5.91 Å². The molecule has 0 aliphatic carbocycles. The van der Waals surface area contributed by atoms with Gasteiger partial charge in [0, 0.05) is 23.9 Å². The van der Waals surface area contributed by atoms with Gasteiger partial charge in [-0.1, -0.05) is 38.1 Å². The van der Waals surface area contributed by atoms with Gasteiger partial charge < -0.3 is 19.7 Å². The minimum absolute atomic E-state index is 0.182. The zero-order valence-corrected chi connectivity index (χ0v) is 18.1. The van der Waals surface area contributed by atoms with Crippen molar-refractivity contribution in [2.75, 3.05) is 25.7 Å². The Morgan fingerprint density at radius 3 is 2.17 bits per heavy atom. The van der Waals surface area contributed by atoms with E-state index in [0.717, 1.165) is 5.69 Å². The first kappa shape index (κ1) is 23.0. The molecule has 0 bridgehead atoms. The van der Waals surface area contributed by atoms with Crippen LogP contribution >= 0.6 is 0 Å². The van der Waals surface area contributed by atoms with Gasteiger partial charge in [-0.3, -0.25) is 9.59 Å². The van der Waals surface area contributed by atoms with Crippen molar-refractivity contribution in [1.29, 1.82) is 0 Å². The molecule has 6 nitrogen and oxygen atoms in total. The van der Waals surface area contributed by atoms with Crippen molar-refractivity contribution in [2.24, 2.45) is 5.92 Å². The topological polar surface area (TPSA) is 67.9 Å². The second-order valence-electron chi connectivity index (χ2n) is 7.33. The molecular weight excluding hydrogens is 380 g/mol. The number of amides is 2. The average Bonchev–Trinajstić information content (AvgIpc) is 2.76. The van der Waals surface area contributed by atoms with Gasteiger partial charge in [-0.25, -0.2) is 0 Å². The Hall–Kier alpha value is -3.28. The van der Waals surface area contributed by atoms with Crippen molar-refractivity contribution in [3.63, 3.8) is 0 Å². The molecule has 160 valence electrons. The van der Waals surface area contributed by atoms with Crippen molar-refractivity contribution in [3.8, 4) is 11.5 Å². The number of nitrogens with one attached hydrogen (secondary N) is 1. The molecule has 2 rings (SSSR count). The van der Waals surface area contributed by atoms with Crippen molar-refractivity contribution >= 4 is 17.5 Å². The second-order valence-corrected chi connectivity index (χ2v) is 7.33. The maximum absolute atomic E-state index is 13.4. The van der Waals surface area contributed by atoms with Gasteiger partial charge >= 0.3 is 0 Å². The van der Waals surface area contributed by atoms with Crippen molar-refractivity contribution in [3.05, 3.63) is 66.7 Å². The summed E-state index contributed by atoms with van der Waals surface area (Å²) in [4.78, 5) is 28.0. The number of hydrogen-bond acceptors (Lipinski definition) is 4. The highest BCUT2D eigenvalue weighted by Crippen LogP contribution is 2.23. The van der Waals surface area contributed by atoms with Crippen LogP contribution in [0.15, 0.2) is 61.2 Å². The number of rotatable bonds is 10. The first-order valence-corrected chi connectivity index (χ1v) is 9.90. The summed E-state index contributed by atoms with van der Waals surface area (Å²) < 4.78 is 10.5. The molecule has 0 saturated heterocycles. The summed E-state index contributed by atoms with van der Waals surface area (Å²) in [5, 5.41) is 2.90. The number of para-hydroxylation sites is 1. The van der Waals surface area contributed by atoms with E-state index in [0.29, 0.717) is 30.0 Å². The molecule has 6 heteroatoms. The predicted molar refractivity (Wildman–Crippen MR) is 119 cm³/mol. The summed E-state index contributed by atoms with van der Waals surface area (Å²) in [6, 6.07) is 13.6. The third-order valence-corrected chi connectivity index (χ3v) is 4.57. The molecule has 1 N–H and O–H groups in total. The van der Waals surface area contributed by atoms with E-state index in [-0.39, 0.29) is 17.7 Å². The molecule has 0 spiro atoms. The van der Waals surface area contributed by atoms with Crippen LogP contribution in [-0.4, -0.2) is 38.6 Å². The highest BCUT2D eigenvalue weighted by Gasteiger charge is 2.28. The molecule has 0 unspecified atom stereocenters. The molecule has 30 heavy (non-hydrogen) atoms. The molecule has 0 heterocycles. The van der Waals surface area contributed by atoms with Gasteiger partial charge in [0.25, 0.3) is 5.91 Å². The number of methoxy groups -OCH3 is 2. The molecule has 0 fully saturated rings. The van der Waals surface area contributed by atoms with E-state index >= 15 is 0 Å². The number of anilines is 1. The SMILES string of the molecule is C=CCN(C(=O)[C@H](CC(C)C)NC(=O)c1cc(OC)cc(OC)c1)c1ccccc1. The summed E-state index contributed by atoms with van der Waals surface area (Å²) in [6.07, 6.45) is 2.18. The molecule has 0 aliphatic heterocycles. The number of carbonyl (C=O) groups excluding carboxylic acids is 2. The van der Waals surface area contributed by atoms with Crippen LogP contribution in [0.4, 0.5) is 5.69 Å². The van der Waals surface area contributed by atoms with Crippen LogP contribution < -0.4 is 19.7 Å². The third kappa shape index (κ3) is 6.11. The lowest BCUT2D eigenvalue weighted by Crippen LogP contribution is -2.49. The van der Waals surface area contributed by atoms with Crippen LogP contribution in [-0.2, 0) is 4.79 Å². The second kappa shape index (κ2) is 11.0. The van der Waals surface area contributed by atoms with Crippen LogP contribution in [0, 0.1) is 5.92 Å². The summed E-state index contributed by atoms with van der Waals surface area (Å²) in [5.41, 5.74) is 1.12. The van der Waals surface area contributed by atoms with Gasteiger partial charge in [0.1, 0.15) is 17.5 Å². The Labute approximate surface area is 178 Å². The van der Waals surface area contributed by atoms with Gasteiger partial charge in [-0.05, 0) is 36.6 Å². The normalized spacial score (nSPS) is 11.5. The van der Waals surface area contributed by atoms with Gasteiger partial charge in [0.05, 0.1) is 14.2 Å². The highest BCUT2D eigenvalue weighted by molar-refractivity contribution is 6.02. The molecule has 2 aromatic carbocycles. The fourth-order valence-electron chi connectivity index (χ4n) is 3.12. The number of ether oxygens (including phenoxy) is 2. The Balaban J connectivity index is 2.31. The number of nitrogens with zero attached hydrogens (tertiary/aromatic N) is 1. The van der Waals surface area contributed by atoms with Gasteiger partial charge in [-0.15, -0.1) is 6.58 Å². The molecule has 0 aromatic heterocycles. The fraction of sp³-hybridized carbons (Fsp3) is 0.333. The van der Waals surface area contributed by atoms with E-state index in [1.54, 1.807) is 29.2 Å². The van der Waals surface area contributed by atoms with Crippen LogP contribution in [0.1, 0.15) is 30.6 Å². The van der Waals surface area contributed by atoms with E-state index < -0.39 is 6.04 Å². The van der Waals surface area contributed by atoms with Crippen molar-refractivity contribution in [2.45, 2.75) is 26.3 Å². The predicted octanol–water partition coefficient (Wildman–Crippen LogP) is 4.07. The maximum Gasteiger partial charge on any atom is 0.252 e. The zero-order valence-electron chi connectivity index (χ0n) is 18.1. The summed E-state index contributed by atoms with van der Waals surface area (Å²) in [5.74, 6) is 0.670. The molecular formula is C24H30N2O4. The van der Waals surface area contributed by atoms with Crippen molar-refractivity contribution < 1.29 is 19.1 Å². The minimum atomic E-state index is -0.685. The van der Waals surface area contributed by atoms with Crippen LogP contribution in [0.2, 0.25) is 0 Å². The Bertz CT molecular complexity index is 843. The standard InChI is InChI=1S/C24H30N2O4/c1-6-12-26(19-10-8-7-9-11-19)24(28)22(13-17(2)3)25-23(27)18-14-20(29-4)16-21(15-18)30-5/h6-11,14-17,22H,1,12-13H2,2-5H3,(H,25,27)/t22-/m0/s1. The average molecular weight is 411 g/mol. The first-order chi connectivity index (χ1) is 14.4. The Kier molecular flexibility index (Phi) is 8.47. The Morgan fingerprint density at radius 2 is 1.67 bits per heavy atom. The molecule has 2 amide bonds. The number of benzene rings is 2. The lowest BCUT2D eigenvalue weighted by Gasteiger charge is -2.28. The number of hydrogen-bond donors (Lipinski definition) is 1. The summed E-state index contributed by atoms with van der Waals surface area (Å²) in [6.45, 7) is 8.14. The van der Waals surface area contributed by atoms with Crippen LogP contribution in [0.25, 0.3) is 0 Å². The molecule has 0 radical (unpaired) electrons. The lowest BCUT2D eigenvalue weighted by atomic mass is 10.0. The molecule has 0 aliphatic rings. The zero-order chi connectivity index (χ0) is 22.1. The monoisotopic (exact) mass is 410 g/mol. The smallest absolute Gasteiger partial charge is 0.252 e. The van der Waals surface area contributed by atoms with Crippen LogP contribution in [0.5, 0.6) is 11.5 Å². The molecule has 1 atom stereocenters. The van der Waals surface area contributed by atoms with Gasteiger partial charge in [-0.2, -0.15) is 0 Å². The van der Waals surface area contributed by atoms with E-state index in [1.807, 2.05) is 44.2 Å². The van der Waals surface area contributed by atoms with Crippen molar-refractivity contribution in [1.82, 2.24) is 5.32 Å². The number of carbonyl (C=O) groups is 2. The quantitative estimate of drug-likeness (QED) is 0.600. The molecule has 0 saturated carbocycles. The highest BCUT2D eigenvalue weighted by atomic mass is 16.5. The van der Waals surface area contributed by atoms with E-state index in [4.69, 9.17) is 9.47 Å². The lowest BCUT2D eigenvalue weighted by molar-refractivity contribution is -0.120. The van der Waals surface area contributed by atoms with Crippen LogP contribution in [0.3, 0.4) is 0 Å². The first-order valence-electron chi connectivity index (χ1n) is 9.90. The van der Waals surface area contributed by atoms with Gasteiger partial charge in [0.15, 0.2) is 0 Å². The fourth-order valence-corrected chi connectivity index (χ4v) is 3.12. The third-order valence-electron chi connectivity index (χ3n) is 4.57. The summed E-state index contributed by atoms with van der Waals surface area (Å²) >= 11 is 0. The van der Waals surface area contributed by atoms with E-state index in [2.05, 4.69) is 11.9 Å². The van der Waals surface area contributed by atoms with E-state index in [9.17, 15) is 9.59 Å².